The molecule has 0 aliphatic carbocycles. The molecule has 0 aromatic heterocycles. The van der Waals surface area contributed by atoms with Gasteiger partial charge in [0, 0.05) is 12.6 Å². The molecule has 1 atom stereocenters. The summed E-state index contributed by atoms with van der Waals surface area (Å²) in [6, 6.07) is 14.9. The fraction of sp³-hybridized carbons (Fsp3) is 0.333. The van der Waals surface area contributed by atoms with Gasteiger partial charge in [0.05, 0.1) is 11.5 Å². The molecule has 0 spiro atoms. The largest absolute Gasteiger partial charge is 0.494 e. The zero-order chi connectivity index (χ0) is 17.6. The van der Waals surface area contributed by atoms with E-state index in [0.29, 0.717) is 13.2 Å². The lowest BCUT2D eigenvalue weighted by Crippen LogP contribution is -2.21. The molecule has 6 heteroatoms. The van der Waals surface area contributed by atoms with Crippen molar-refractivity contribution in [2.24, 2.45) is 0 Å². The molecule has 0 aliphatic heterocycles. The maximum absolute atomic E-state index is 11.9. The standard InChI is InChI=1S/C18H24N2O3S/c1-4-23-17-10-8-15(9-11-17)13-20-14(2)16-6-5-7-18(12-16)24(21,22)19-3/h5-12,14,19-20H,4,13H2,1-3H3/t14-/m0/s1. The van der Waals surface area contributed by atoms with Gasteiger partial charge in [-0.05, 0) is 56.3 Å². The number of sulfonamides is 1. The van der Waals surface area contributed by atoms with Crippen LogP contribution in [0.5, 0.6) is 5.75 Å². The molecule has 130 valence electrons. The lowest BCUT2D eigenvalue weighted by Gasteiger charge is -2.15. The van der Waals surface area contributed by atoms with Crippen molar-refractivity contribution in [1.29, 1.82) is 0 Å². The number of hydrogen-bond donors (Lipinski definition) is 2. The lowest BCUT2D eigenvalue weighted by molar-refractivity contribution is 0.340. The van der Waals surface area contributed by atoms with Gasteiger partial charge < -0.3 is 10.1 Å². The highest BCUT2D eigenvalue weighted by Crippen LogP contribution is 2.18. The van der Waals surface area contributed by atoms with Crippen molar-refractivity contribution < 1.29 is 13.2 Å². The molecule has 2 aromatic carbocycles. The average molecular weight is 348 g/mol. The number of rotatable bonds is 8. The van der Waals surface area contributed by atoms with Crippen LogP contribution in [0, 0.1) is 0 Å². The molecule has 0 saturated heterocycles. The maximum atomic E-state index is 11.9. The van der Waals surface area contributed by atoms with Crippen LogP contribution in [0.15, 0.2) is 53.4 Å². The smallest absolute Gasteiger partial charge is 0.240 e. The van der Waals surface area contributed by atoms with Crippen LogP contribution in [0.1, 0.15) is 31.0 Å². The van der Waals surface area contributed by atoms with Gasteiger partial charge >= 0.3 is 0 Å². The van der Waals surface area contributed by atoms with E-state index in [1.165, 1.54) is 7.05 Å². The Bertz CT molecular complexity index is 758. The van der Waals surface area contributed by atoms with Gasteiger partial charge in [0.1, 0.15) is 5.75 Å². The summed E-state index contributed by atoms with van der Waals surface area (Å²) in [6.45, 7) is 5.32. The summed E-state index contributed by atoms with van der Waals surface area (Å²) in [4.78, 5) is 0.275. The molecule has 0 amide bonds. The van der Waals surface area contributed by atoms with Crippen molar-refractivity contribution in [2.75, 3.05) is 13.7 Å². The van der Waals surface area contributed by atoms with Crippen LogP contribution >= 0.6 is 0 Å². The summed E-state index contributed by atoms with van der Waals surface area (Å²) >= 11 is 0. The van der Waals surface area contributed by atoms with E-state index in [9.17, 15) is 8.42 Å². The zero-order valence-electron chi connectivity index (χ0n) is 14.2. The van der Waals surface area contributed by atoms with E-state index in [1.54, 1.807) is 18.2 Å². The van der Waals surface area contributed by atoms with Crippen molar-refractivity contribution in [3.8, 4) is 5.75 Å². The maximum Gasteiger partial charge on any atom is 0.240 e. The Morgan fingerprint density at radius 1 is 1.12 bits per heavy atom. The molecule has 0 fully saturated rings. The highest BCUT2D eigenvalue weighted by molar-refractivity contribution is 7.89. The summed E-state index contributed by atoms with van der Waals surface area (Å²) < 4.78 is 31.6. The summed E-state index contributed by atoms with van der Waals surface area (Å²) in [5.74, 6) is 0.860. The predicted octanol–water partition coefficient (Wildman–Crippen LogP) is 2.84. The molecule has 0 unspecified atom stereocenters. The van der Waals surface area contributed by atoms with Crippen molar-refractivity contribution in [3.05, 3.63) is 59.7 Å². The van der Waals surface area contributed by atoms with E-state index in [-0.39, 0.29) is 10.9 Å². The predicted molar refractivity (Wildman–Crippen MR) is 95.6 cm³/mol. The fourth-order valence-corrected chi connectivity index (χ4v) is 3.11. The third kappa shape index (κ3) is 4.80. The normalized spacial score (nSPS) is 12.8. The number of ether oxygens (including phenoxy) is 1. The third-order valence-electron chi connectivity index (χ3n) is 3.78. The van der Waals surface area contributed by atoms with Crippen LogP contribution in [0.4, 0.5) is 0 Å². The Balaban J connectivity index is 2.02. The highest BCUT2D eigenvalue weighted by Gasteiger charge is 2.13. The topological polar surface area (TPSA) is 67.4 Å². The molecule has 2 aromatic rings. The highest BCUT2D eigenvalue weighted by atomic mass is 32.2. The van der Waals surface area contributed by atoms with Gasteiger partial charge in [-0.1, -0.05) is 24.3 Å². The van der Waals surface area contributed by atoms with Gasteiger partial charge in [-0.2, -0.15) is 0 Å². The molecule has 0 radical (unpaired) electrons. The van der Waals surface area contributed by atoms with E-state index < -0.39 is 10.0 Å². The van der Waals surface area contributed by atoms with Crippen molar-refractivity contribution in [2.45, 2.75) is 31.3 Å². The summed E-state index contributed by atoms with van der Waals surface area (Å²) in [5.41, 5.74) is 2.07. The monoisotopic (exact) mass is 348 g/mol. The molecule has 0 heterocycles. The van der Waals surface area contributed by atoms with E-state index in [1.807, 2.05) is 44.2 Å². The molecule has 0 aliphatic rings. The average Bonchev–Trinajstić information content (AvgIpc) is 2.61. The molecule has 2 rings (SSSR count). The first-order valence-electron chi connectivity index (χ1n) is 7.95. The Labute approximate surface area is 144 Å². The van der Waals surface area contributed by atoms with E-state index >= 15 is 0 Å². The quantitative estimate of drug-likeness (QED) is 0.770. The van der Waals surface area contributed by atoms with Crippen LogP contribution in [-0.2, 0) is 16.6 Å². The minimum absolute atomic E-state index is 0.0311. The van der Waals surface area contributed by atoms with Crippen LogP contribution in [0.25, 0.3) is 0 Å². The first-order valence-corrected chi connectivity index (χ1v) is 9.43. The molecule has 5 nitrogen and oxygen atoms in total. The van der Waals surface area contributed by atoms with Gasteiger partial charge in [0.15, 0.2) is 0 Å². The van der Waals surface area contributed by atoms with E-state index in [4.69, 9.17) is 4.74 Å². The first-order chi connectivity index (χ1) is 11.5. The van der Waals surface area contributed by atoms with E-state index in [2.05, 4.69) is 10.0 Å². The second kappa shape index (κ2) is 8.28. The van der Waals surface area contributed by atoms with E-state index in [0.717, 1.165) is 16.9 Å². The van der Waals surface area contributed by atoms with Crippen molar-refractivity contribution in [3.63, 3.8) is 0 Å². The number of benzene rings is 2. The molecule has 0 saturated carbocycles. The van der Waals surface area contributed by atoms with Crippen LogP contribution in [0.3, 0.4) is 0 Å². The summed E-state index contributed by atoms with van der Waals surface area (Å²) in [7, 11) is -2.01. The molecule has 0 bridgehead atoms. The van der Waals surface area contributed by atoms with Crippen LogP contribution in [0.2, 0.25) is 0 Å². The molecular formula is C18H24N2O3S. The Hall–Kier alpha value is -1.89. The van der Waals surface area contributed by atoms with Gasteiger partial charge in [-0.25, -0.2) is 13.1 Å². The van der Waals surface area contributed by atoms with Gasteiger partial charge in [-0.3, -0.25) is 0 Å². The van der Waals surface area contributed by atoms with Gasteiger partial charge in [0.2, 0.25) is 10.0 Å². The summed E-state index contributed by atoms with van der Waals surface area (Å²) in [6.07, 6.45) is 0. The first kappa shape index (κ1) is 18.4. The number of hydrogen-bond acceptors (Lipinski definition) is 4. The Morgan fingerprint density at radius 2 is 1.83 bits per heavy atom. The minimum atomic E-state index is -3.42. The van der Waals surface area contributed by atoms with Crippen molar-refractivity contribution in [1.82, 2.24) is 10.0 Å². The Morgan fingerprint density at radius 3 is 2.46 bits per heavy atom. The SMILES string of the molecule is CCOc1ccc(CN[C@@H](C)c2cccc(S(=O)(=O)NC)c2)cc1. The van der Waals surface area contributed by atoms with Crippen LogP contribution < -0.4 is 14.8 Å². The second-order valence-electron chi connectivity index (χ2n) is 5.46. The fourth-order valence-electron chi connectivity index (χ4n) is 2.33. The lowest BCUT2D eigenvalue weighted by atomic mass is 10.1. The third-order valence-corrected chi connectivity index (χ3v) is 5.20. The van der Waals surface area contributed by atoms with Crippen LogP contribution in [-0.4, -0.2) is 22.1 Å². The molecule has 24 heavy (non-hydrogen) atoms. The minimum Gasteiger partial charge on any atom is -0.494 e. The van der Waals surface area contributed by atoms with Gasteiger partial charge in [-0.15, -0.1) is 0 Å². The Kier molecular flexibility index (Phi) is 6.36. The second-order valence-corrected chi connectivity index (χ2v) is 7.35. The van der Waals surface area contributed by atoms with Gasteiger partial charge in [0.25, 0.3) is 0 Å². The zero-order valence-corrected chi connectivity index (χ0v) is 15.1. The summed E-state index contributed by atoms with van der Waals surface area (Å²) in [5, 5.41) is 3.41. The number of nitrogens with one attached hydrogen (secondary N) is 2. The molecule has 2 N–H and O–H groups in total. The van der Waals surface area contributed by atoms with Crippen molar-refractivity contribution >= 4 is 10.0 Å². The molecular weight excluding hydrogens is 324 g/mol.